The fraction of sp³-hybridized carbons (Fsp3) is 0.588. The smallest absolute Gasteiger partial charge is 0.324 e. The van der Waals surface area contributed by atoms with E-state index in [0.717, 1.165) is 16.9 Å². The summed E-state index contributed by atoms with van der Waals surface area (Å²) in [4.78, 5) is 11.8. The minimum atomic E-state index is -0.513. The maximum absolute atomic E-state index is 12.3. The predicted octanol–water partition coefficient (Wildman–Crippen LogP) is 4.77. The molecule has 0 saturated carbocycles. The van der Waals surface area contributed by atoms with Crippen molar-refractivity contribution in [1.82, 2.24) is 0 Å². The molecule has 0 radical (unpaired) electrons. The van der Waals surface area contributed by atoms with Gasteiger partial charge >= 0.3 is 5.97 Å². The van der Waals surface area contributed by atoms with Crippen LogP contribution in [0.2, 0.25) is 0 Å². The molecule has 0 heterocycles. The number of ether oxygens (including phenoxy) is 2. The topological polar surface area (TPSA) is 35.5 Å². The summed E-state index contributed by atoms with van der Waals surface area (Å²) >= 11 is 3.48. The van der Waals surface area contributed by atoms with E-state index in [1.54, 1.807) is 7.11 Å². The Morgan fingerprint density at radius 3 is 2.14 bits per heavy atom. The number of alkyl halides is 1. The highest BCUT2D eigenvalue weighted by Crippen LogP contribution is 2.40. The Labute approximate surface area is 136 Å². The molecular formula is C17H25BrO3. The van der Waals surface area contributed by atoms with Gasteiger partial charge in [-0.2, -0.15) is 0 Å². The Morgan fingerprint density at radius 1 is 1.14 bits per heavy atom. The molecule has 1 aromatic carbocycles. The second-order valence-corrected chi connectivity index (χ2v) is 7.99. The summed E-state index contributed by atoms with van der Waals surface area (Å²) in [5, 5.41) is 0. The van der Waals surface area contributed by atoms with E-state index < -0.39 is 10.4 Å². The molecule has 118 valence electrons. The molecule has 0 aliphatic heterocycles. The van der Waals surface area contributed by atoms with Crippen LogP contribution in [-0.2, 0) is 14.9 Å². The minimum Gasteiger partial charge on any atom is -0.496 e. The molecule has 1 rings (SSSR count). The summed E-state index contributed by atoms with van der Waals surface area (Å²) in [7, 11) is 1.64. The van der Waals surface area contributed by atoms with Crippen molar-refractivity contribution in [2.24, 2.45) is 0 Å². The van der Waals surface area contributed by atoms with Gasteiger partial charge in [0.2, 0.25) is 0 Å². The lowest BCUT2D eigenvalue weighted by atomic mass is 9.82. The maximum Gasteiger partial charge on any atom is 0.324 e. The average Bonchev–Trinajstić information content (AvgIpc) is 2.33. The number of halogens is 1. The Morgan fingerprint density at radius 2 is 1.71 bits per heavy atom. The molecule has 0 N–H and O–H groups in total. The van der Waals surface area contributed by atoms with Crippen molar-refractivity contribution in [1.29, 1.82) is 0 Å². The van der Waals surface area contributed by atoms with Crippen LogP contribution in [0.25, 0.3) is 0 Å². The van der Waals surface area contributed by atoms with E-state index in [2.05, 4.69) is 36.7 Å². The SMILES string of the molecule is COc1cccc(C(Br)C(=O)OC(C)(C)C)c1C(C)(C)C. The predicted molar refractivity (Wildman–Crippen MR) is 89.2 cm³/mol. The molecule has 0 bridgehead atoms. The Bertz CT molecular complexity index is 510. The van der Waals surface area contributed by atoms with Crippen molar-refractivity contribution in [3.8, 4) is 5.75 Å². The van der Waals surface area contributed by atoms with Gasteiger partial charge in [-0.25, -0.2) is 0 Å². The van der Waals surface area contributed by atoms with Crippen LogP contribution in [0.3, 0.4) is 0 Å². The normalized spacial score (nSPS) is 13.7. The lowest BCUT2D eigenvalue weighted by Gasteiger charge is -2.28. The third kappa shape index (κ3) is 4.73. The highest BCUT2D eigenvalue weighted by atomic mass is 79.9. The summed E-state index contributed by atoms with van der Waals surface area (Å²) in [6.45, 7) is 11.9. The van der Waals surface area contributed by atoms with Crippen LogP contribution in [0.15, 0.2) is 18.2 Å². The van der Waals surface area contributed by atoms with Gasteiger partial charge in [0.25, 0.3) is 0 Å². The molecule has 0 fully saturated rings. The van der Waals surface area contributed by atoms with E-state index in [1.807, 2.05) is 39.0 Å². The number of rotatable bonds is 3. The van der Waals surface area contributed by atoms with Gasteiger partial charge in [-0.15, -0.1) is 0 Å². The fourth-order valence-electron chi connectivity index (χ4n) is 2.21. The molecule has 0 aliphatic rings. The Hall–Kier alpha value is -1.03. The third-order valence-electron chi connectivity index (χ3n) is 2.92. The zero-order valence-corrected chi connectivity index (χ0v) is 15.5. The first-order valence-corrected chi connectivity index (χ1v) is 7.93. The largest absolute Gasteiger partial charge is 0.496 e. The van der Waals surface area contributed by atoms with Crippen LogP contribution in [0.5, 0.6) is 5.75 Å². The summed E-state index contributed by atoms with van der Waals surface area (Å²) < 4.78 is 10.9. The lowest BCUT2D eigenvalue weighted by Crippen LogP contribution is -2.27. The van der Waals surface area contributed by atoms with Crippen LogP contribution >= 0.6 is 15.9 Å². The van der Waals surface area contributed by atoms with Crippen LogP contribution < -0.4 is 4.74 Å². The van der Waals surface area contributed by atoms with E-state index >= 15 is 0 Å². The van der Waals surface area contributed by atoms with Gasteiger partial charge in [-0.3, -0.25) is 4.79 Å². The highest BCUT2D eigenvalue weighted by Gasteiger charge is 2.31. The van der Waals surface area contributed by atoms with E-state index in [-0.39, 0.29) is 11.4 Å². The van der Waals surface area contributed by atoms with Gasteiger partial charge in [0, 0.05) is 5.56 Å². The summed E-state index contributed by atoms with van der Waals surface area (Å²) in [6, 6.07) is 5.74. The zero-order valence-electron chi connectivity index (χ0n) is 13.9. The van der Waals surface area contributed by atoms with E-state index in [0.29, 0.717) is 0 Å². The highest BCUT2D eigenvalue weighted by molar-refractivity contribution is 9.09. The molecule has 1 aromatic rings. The number of esters is 1. The number of benzene rings is 1. The quantitative estimate of drug-likeness (QED) is 0.577. The molecule has 21 heavy (non-hydrogen) atoms. The van der Waals surface area contributed by atoms with Crippen molar-refractivity contribution in [2.75, 3.05) is 7.11 Å². The van der Waals surface area contributed by atoms with Crippen LogP contribution in [0.4, 0.5) is 0 Å². The van der Waals surface area contributed by atoms with Crippen LogP contribution in [0, 0.1) is 0 Å². The number of carbonyl (C=O) groups excluding carboxylic acids is 1. The first-order valence-electron chi connectivity index (χ1n) is 7.01. The lowest BCUT2D eigenvalue weighted by molar-refractivity contribution is -0.154. The van der Waals surface area contributed by atoms with Crippen LogP contribution in [0.1, 0.15) is 57.5 Å². The monoisotopic (exact) mass is 356 g/mol. The molecule has 3 nitrogen and oxygen atoms in total. The zero-order chi connectivity index (χ0) is 16.4. The van der Waals surface area contributed by atoms with Crippen molar-refractivity contribution in [3.63, 3.8) is 0 Å². The van der Waals surface area contributed by atoms with Crippen molar-refractivity contribution in [2.45, 2.75) is 57.4 Å². The molecule has 1 unspecified atom stereocenters. The van der Waals surface area contributed by atoms with Crippen molar-refractivity contribution < 1.29 is 14.3 Å². The van der Waals surface area contributed by atoms with Gasteiger partial charge in [0.15, 0.2) is 0 Å². The molecular weight excluding hydrogens is 332 g/mol. The maximum atomic E-state index is 12.3. The molecule has 4 heteroatoms. The summed E-state index contributed by atoms with van der Waals surface area (Å²) in [5.74, 6) is 0.495. The summed E-state index contributed by atoms with van der Waals surface area (Å²) in [6.07, 6.45) is 0. The second-order valence-electron chi connectivity index (χ2n) is 7.07. The van der Waals surface area contributed by atoms with Gasteiger partial charge in [0.05, 0.1) is 7.11 Å². The van der Waals surface area contributed by atoms with Gasteiger partial charge in [0.1, 0.15) is 16.2 Å². The third-order valence-corrected chi connectivity index (χ3v) is 3.78. The first-order chi connectivity index (χ1) is 9.47. The molecule has 1 atom stereocenters. The average molecular weight is 357 g/mol. The van der Waals surface area contributed by atoms with Crippen molar-refractivity contribution in [3.05, 3.63) is 29.3 Å². The number of hydrogen-bond acceptors (Lipinski definition) is 3. The van der Waals surface area contributed by atoms with Gasteiger partial charge < -0.3 is 9.47 Å². The molecule has 0 aromatic heterocycles. The first kappa shape index (κ1) is 18.0. The molecule has 0 amide bonds. The molecule has 0 spiro atoms. The van der Waals surface area contributed by atoms with Crippen LogP contribution in [-0.4, -0.2) is 18.7 Å². The van der Waals surface area contributed by atoms with Gasteiger partial charge in [-0.1, -0.05) is 48.8 Å². The van der Waals surface area contributed by atoms with E-state index in [1.165, 1.54) is 0 Å². The van der Waals surface area contributed by atoms with Crippen molar-refractivity contribution >= 4 is 21.9 Å². The Balaban J connectivity index is 3.27. The second kappa shape index (κ2) is 6.39. The molecule has 0 aliphatic carbocycles. The standard InChI is InChI=1S/C17H25BrO3/c1-16(2,3)13-11(9-8-10-12(13)20-7)14(18)15(19)21-17(4,5)6/h8-10,14H,1-7H3. The fourth-order valence-corrected chi connectivity index (χ4v) is 2.69. The Kier molecular flexibility index (Phi) is 5.48. The van der Waals surface area contributed by atoms with E-state index in [4.69, 9.17) is 9.47 Å². The summed E-state index contributed by atoms with van der Waals surface area (Å²) in [5.41, 5.74) is 1.25. The number of hydrogen-bond donors (Lipinski definition) is 0. The molecule has 0 saturated heterocycles. The van der Waals surface area contributed by atoms with E-state index in [9.17, 15) is 4.79 Å². The number of methoxy groups -OCH3 is 1. The minimum absolute atomic E-state index is 0.143. The van der Waals surface area contributed by atoms with Gasteiger partial charge in [-0.05, 0) is 37.8 Å². The number of carbonyl (C=O) groups is 1.